The zero-order valence-corrected chi connectivity index (χ0v) is 16.4. The second-order valence-corrected chi connectivity index (χ2v) is 7.28. The van der Waals surface area contributed by atoms with Gasteiger partial charge in [-0.3, -0.25) is 4.79 Å². The van der Waals surface area contributed by atoms with E-state index in [0.717, 1.165) is 61.9 Å². The summed E-state index contributed by atoms with van der Waals surface area (Å²) >= 11 is 0. The van der Waals surface area contributed by atoms with Crippen LogP contribution in [0.15, 0.2) is 18.2 Å². The fourth-order valence-corrected chi connectivity index (χ4v) is 3.36. The molecule has 0 radical (unpaired) electrons. The van der Waals surface area contributed by atoms with E-state index < -0.39 is 18.1 Å². The lowest BCUT2D eigenvalue weighted by molar-refractivity contribution is -0.192. The minimum absolute atomic E-state index is 0.0634. The van der Waals surface area contributed by atoms with E-state index in [-0.39, 0.29) is 12.5 Å². The van der Waals surface area contributed by atoms with E-state index in [2.05, 4.69) is 5.32 Å². The first-order chi connectivity index (χ1) is 14.1. The van der Waals surface area contributed by atoms with Crippen LogP contribution in [0.5, 0.6) is 11.5 Å². The lowest BCUT2D eigenvalue weighted by Crippen LogP contribution is -2.28. The molecule has 7 nitrogen and oxygen atoms in total. The number of aryl methyl sites for hydroxylation is 1. The van der Waals surface area contributed by atoms with Gasteiger partial charge in [-0.1, -0.05) is 0 Å². The Labute approximate surface area is 172 Å². The van der Waals surface area contributed by atoms with Crippen LogP contribution in [-0.4, -0.2) is 54.1 Å². The molecule has 0 spiro atoms. The molecule has 0 saturated carbocycles. The van der Waals surface area contributed by atoms with Gasteiger partial charge in [0, 0.05) is 0 Å². The van der Waals surface area contributed by atoms with Crippen molar-refractivity contribution in [2.75, 3.05) is 19.7 Å². The Hall–Kier alpha value is -2.49. The van der Waals surface area contributed by atoms with Gasteiger partial charge >= 0.3 is 18.1 Å². The second kappa shape index (κ2) is 11.1. The largest absolute Gasteiger partial charge is 0.494 e. The van der Waals surface area contributed by atoms with Gasteiger partial charge in [-0.2, -0.15) is 13.2 Å². The van der Waals surface area contributed by atoms with Crippen molar-refractivity contribution in [3.8, 4) is 11.5 Å². The van der Waals surface area contributed by atoms with E-state index in [9.17, 15) is 18.0 Å². The van der Waals surface area contributed by atoms with Crippen molar-refractivity contribution in [3.63, 3.8) is 0 Å². The van der Waals surface area contributed by atoms with Gasteiger partial charge in [0.05, 0.1) is 13.0 Å². The Kier molecular flexibility index (Phi) is 8.76. The molecule has 168 valence electrons. The Morgan fingerprint density at radius 3 is 2.43 bits per heavy atom. The third-order valence-corrected chi connectivity index (χ3v) is 4.96. The molecule has 1 aromatic rings. The topological polar surface area (TPSA) is 105 Å². The van der Waals surface area contributed by atoms with Crippen molar-refractivity contribution in [2.45, 2.75) is 50.8 Å². The third-order valence-electron chi connectivity index (χ3n) is 4.96. The Bertz CT molecular complexity index is 719. The van der Waals surface area contributed by atoms with Crippen LogP contribution < -0.4 is 14.8 Å². The van der Waals surface area contributed by atoms with Crippen molar-refractivity contribution in [1.82, 2.24) is 5.32 Å². The van der Waals surface area contributed by atoms with Crippen LogP contribution in [-0.2, 0) is 16.0 Å². The number of alkyl halides is 3. The van der Waals surface area contributed by atoms with E-state index in [1.807, 2.05) is 18.2 Å². The summed E-state index contributed by atoms with van der Waals surface area (Å²) in [6.45, 7) is 3.00. The van der Waals surface area contributed by atoms with Gasteiger partial charge in [-0.25, -0.2) is 4.79 Å². The Morgan fingerprint density at radius 1 is 1.17 bits per heavy atom. The highest BCUT2D eigenvalue weighted by Crippen LogP contribution is 2.32. The quantitative estimate of drug-likeness (QED) is 0.632. The molecule has 1 fully saturated rings. The molecule has 1 aromatic carbocycles. The standard InChI is InChI=1S/C18H25NO4.C2HF3O2/c20-18(21)12-16-2-1-14-11-15(3-4-17(14)23-16)22-10-7-13-5-8-19-9-6-13;3-2(4,5)1(6)7/h3-4,11,13,16,19H,1-2,5-10,12H2,(H,20,21);(H,6,7). The van der Waals surface area contributed by atoms with Crippen molar-refractivity contribution >= 4 is 11.9 Å². The predicted molar refractivity (Wildman–Crippen MR) is 101 cm³/mol. The van der Waals surface area contributed by atoms with E-state index >= 15 is 0 Å². The summed E-state index contributed by atoms with van der Waals surface area (Å²) in [5.74, 6) is -1.11. The number of halogens is 3. The molecule has 3 rings (SSSR count). The summed E-state index contributed by atoms with van der Waals surface area (Å²) < 4.78 is 43.4. The molecule has 2 heterocycles. The highest BCUT2D eigenvalue weighted by Gasteiger charge is 2.38. The number of hydrogen-bond donors (Lipinski definition) is 3. The van der Waals surface area contributed by atoms with Gasteiger partial charge in [-0.05, 0) is 74.9 Å². The van der Waals surface area contributed by atoms with Crippen LogP contribution in [0.1, 0.15) is 37.7 Å². The van der Waals surface area contributed by atoms with Crippen molar-refractivity contribution in [1.29, 1.82) is 0 Å². The lowest BCUT2D eigenvalue weighted by atomic mass is 9.95. The smallest absolute Gasteiger partial charge is 0.490 e. The number of carboxylic acids is 2. The monoisotopic (exact) mass is 433 g/mol. The molecule has 2 aliphatic heterocycles. The number of benzene rings is 1. The number of carboxylic acid groups (broad SMARTS) is 2. The van der Waals surface area contributed by atoms with Crippen LogP contribution in [0.2, 0.25) is 0 Å². The molecular formula is C20H26F3NO6. The molecule has 1 atom stereocenters. The zero-order chi connectivity index (χ0) is 22.1. The van der Waals surface area contributed by atoms with E-state index in [4.69, 9.17) is 24.5 Å². The van der Waals surface area contributed by atoms with Gasteiger partial charge in [0.15, 0.2) is 0 Å². The Balaban J connectivity index is 0.000000396. The molecule has 0 bridgehead atoms. The predicted octanol–water partition coefficient (Wildman–Crippen LogP) is 3.26. The van der Waals surface area contributed by atoms with Crippen LogP contribution >= 0.6 is 0 Å². The summed E-state index contributed by atoms with van der Waals surface area (Å²) in [5.41, 5.74) is 1.12. The van der Waals surface area contributed by atoms with Crippen LogP contribution in [0, 0.1) is 5.92 Å². The summed E-state index contributed by atoms with van der Waals surface area (Å²) in [4.78, 5) is 19.7. The summed E-state index contributed by atoms with van der Waals surface area (Å²) in [5, 5.41) is 19.4. The third kappa shape index (κ3) is 8.10. The minimum atomic E-state index is -5.08. The van der Waals surface area contributed by atoms with Crippen LogP contribution in [0.3, 0.4) is 0 Å². The van der Waals surface area contributed by atoms with Gasteiger partial charge < -0.3 is 25.0 Å². The van der Waals surface area contributed by atoms with E-state index in [1.165, 1.54) is 12.8 Å². The first kappa shape index (κ1) is 23.8. The number of fused-ring (bicyclic) bond motifs is 1. The van der Waals surface area contributed by atoms with Crippen molar-refractivity contribution in [3.05, 3.63) is 23.8 Å². The average Bonchev–Trinajstić information content (AvgIpc) is 2.68. The fourth-order valence-electron chi connectivity index (χ4n) is 3.36. The summed E-state index contributed by atoms with van der Waals surface area (Å²) in [6.07, 6.45) is -0.0502. The number of carbonyl (C=O) groups is 2. The second-order valence-electron chi connectivity index (χ2n) is 7.28. The first-order valence-electron chi connectivity index (χ1n) is 9.80. The van der Waals surface area contributed by atoms with Gasteiger partial charge in [0.25, 0.3) is 0 Å². The lowest BCUT2D eigenvalue weighted by Gasteiger charge is -2.25. The number of rotatable bonds is 6. The molecule has 3 N–H and O–H groups in total. The highest BCUT2D eigenvalue weighted by molar-refractivity contribution is 5.73. The zero-order valence-electron chi connectivity index (χ0n) is 16.4. The van der Waals surface area contributed by atoms with Gasteiger partial charge in [0.1, 0.15) is 17.6 Å². The minimum Gasteiger partial charge on any atom is -0.494 e. The number of ether oxygens (including phenoxy) is 2. The van der Waals surface area contributed by atoms with E-state index in [0.29, 0.717) is 0 Å². The molecule has 0 amide bonds. The molecule has 1 saturated heterocycles. The maximum Gasteiger partial charge on any atom is 0.490 e. The maximum atomic E-state index is 10.8. The number of aliphatic carboxylic acids is 2. The van der Waals surface area contributed by atoms with Crippen molar-refractivity contribution in [2.24, 2.45) is 5.92 Å². The van der Waals surface area contributed by atoms with Crippen LogP contribution in [0.4, 0.5) is 13.2 Å². The maximum absolute atomic E-state index is 10.8. The SMILES string of the molecule is O=C(O)C(F)(F)F.O=C(O)CC1CCc2cc(OCCC3CCNCC3)ccc2O1. The molecule has 0 aromatic heterocycles. The van der Waals surface area contributed by atoms with Gasteiger partial charge in [0.2, 0.25) is 0 Å². The molecular weight excluding hydrogens is 407 g/mol. The molecule has 2 aliphatic rings. The molecule has 1 unspecified atom stereocenters. The first-order valence-corrected chi connectivity index (χ1v) is 9.80. The molecule has 30 heavy (non-hydrogen) atoms. The number of piperidine rings is 1. The molecule has 0 aliphatic carbocycles. The number of hydrogen-bond acceptors (Lipinski definition) is 5. The van der Waals surface area contributed by atoms with Crippen molar-refractivity contribution < 1.29 is 42.4 Å². The highest BCUT2D eigenvalue weighted by atomic mass is 19.4. The summed E-state index contributed by atoms with van der Waals surface area (Å²) in [7, 11) is 0. The fraction of sp³-hybridized carbons (Fsp3) is 0.600. The van der Waals surface area contributed by atoms with E-state index in [1.54, 1.807) is 0 Å². The number of nitrogens with one attached hydrogen (secondary N) is 1. The normalized spacial score (nSPS) is 19.0. The van der Waals surface area contributed by atoms with Crippen LogP contribution in [0.25, 0.3) is 0 Å². The summed E-state index contributed by atoms with van der Waals surface area (Å²) in [6, 6.07) is 5.86. The van der Waals surface area contributed by atoms with Gasteiger partial charge in [-0.15, -0.1) is 0 Å². The Morgan fingerprint density at radius 2 is 1.83 bits per heavy atom. The average molecular weight is 433 g/mol. The molecule has 10 heteroatoms.